The lowest BCUT2D eigenvalue weighted by Gasteiger charge is -2.53. The molecule has 23 heavy (non-hydrogen) atoms. The Balaban J connectivity index is 1.34. The monoisotopic (exact) mass is 330 g/mol. The number of fused-ring (bicyclic) bond motifs is 1. The zero-order valence-corrected chi connectivity index (χ0v) is 14.0. The van der Waals surface area contributed by atoms with Gasteiger partial charge in [-0.3, -0.25) is 0 Å². The number of rotatable bonds is 3. The van der Waals surface area contributed by atoms with E-state index >= 15 is 0 Å². The van der Waals surface area contributed by atoms with Gasteiger partial charge in [-0.15, -0.1) is 11.6 Å². The highest BCUT2D eigenvalue weighted by Crippen LogP contribution is 2.56. The fourth-order valence-corrected chi connectivity index (χ4v) is 4.93. The lowest BCUT2D eigenvalue weighted by molar-refractivity contribution is -0.114. The van der Waals surface area contributed by atoms with Crippen molar-refractivity contribution in [2.75, 3.05) is 0 Å². The van der Waals surface area contributed by atoms with E-state index in [2.05, 4.69) is 13.0 Å². The van der Waals surface area contributed by atoms with Crippen molar-refractivity contribution in [2.45, 2.75) is 49.6 Å². The molecular weight excluding hydrogens is 310 g/mol. The largest absolute Gasteiger partial charge is 0.477 e. The van der Waals surface area contributed by atoms with Crippen LogP contribution in [0, 0.1) is 11.8 Å². The normalized spacial score (nSPS) is 36.8. The molecule has 4 fully saturated rings. The molecule has 0 amide bonds. The summed E-state index contributed by atoms with van der Waals surface area (Å²) < 4.78 is 18.2. The summed E-state index contributed by atoms with van der Waals surface area (Å²) >= 11 is 6.68. The van der Waals surface area contributed by atoms with Crippen molar-refractivity contribution in [1.82, 2.24) is 0 Å². The molecule has 1 aliphatic heterocycles. The SMILES string of the molecule is C[C@@]12OB([C@H](Cl)Cc3coc4ccccc34)O[C@@H]1CC1CC2C1. The average molecular weight is 331 g/mol. The predicted molar refractivity (Wildman–Crippen MR) is 90.5 cm³/mol. The van der Waals surface area contributed by atoms with Crippen LogP contribution in [0.15, 0.2) is 34.9 Å². The number of para-hydroxylation sites is 1. The maximum Gasteiger partial charge on any atom is 0.477 e. The topological polar surface area (TPSA) is 31.6 Å². The molecule has 2 aromatic rings. The van der Waals surface area contributed by atoms with Crippen molar-refractivity contribution in [2.24, 2.45) is 11.8 Å². The summed E-state index contributed by atoms with van der Waals surface area (Å²) in [5, 5.41) is 0.928. The van der Waals surface area contributed by atoms with Gasteiger partial charge < -0.3 is 13.7 Å². The van der Waals surface area contributed by atoms with Crippen molar-refractivity contribution in [1.29, 1.82) is 0 Å². The molecule has 0 spiro atoms. The second kappa shape index (κ2) is 5.01. The lowest BCUT2D eigenvalue weighted by atomic mass is 9.57. The van der Waals surface area contributed by atoms with Gasteiger partial charge in [-0.25, -0.2) is 0 Å². The first-order chi connectivity index (χ1) is 11.1. The van der Waals surface area contributed by atoms with E-state index in [4.69, 9.17) is 25.3 Å². The van der Waals surface area contributed by atoms with Gasteiger partial charge in [0, 0.05) is 5.39 Å². The van der Waals surface area contributed by atoms with Crippen molar-refractivity contribution in [3.8, 4) is 0 Å². The predicted octanol–water partition coefficient (Wildman–Crippen LogP) is 4.21. The molecule has 120 valence electrons. The number of halogens is 1. The number of furan rings is 1. The maximum atomic E-state index is 6.68. The van der Waals surface area contributed by atoms with E-state index in [1.165, 1.54) is 12.8 Å². The molecule has 3 atom stereocenters. The van der Waals surface area contributed by atoms with Crippen LogP contribution < -0.4 is 0 Å². The number of alkyl halides is 1. The Labute approximate surface area is 141 Å². The van der Waals surface area contributed by atoms with Gasteiger partial charge in [0.25, 0.3) is 0 Å². The van der Waals surface area contributed by atoms with Crippen LogP contribution in [0.1, 0.15) is 31.7 Å². The smallest absolute Gasteiger partial charge is 0.464 e. The summed E-state index contributed by atoms with van der Waals surface area (Å²) in [6, 6.07) is 8.06. The van der Waals surface area contributed by atoms with Gasteiger partial charge in [-0.1, -0.05) is 18.2 Å². The lowest BCUT2D eigenvalue weighted by Crippen LogP contribution is -2.56. The molecule has 2 bridgehead atoms. The van der Waals surface area contributed by atoms with Crippen LogP contribution in [-0.2, 0) is 15.7 Å². The van der Waals surface area contributed by atoms with Crippen molar-refractivity contribution >= 4 is 29.7 Å². The highest BCUT2D eigenvalue weighted by atomic mass is 35.5. The van der Waals surface area contributed by atoms with Crippen molar-refractivity contribution < 1.29 is 13.7 Å². The second-order valence-corrected chi connectivity index (χ2v) is 8.10. The van der Waals surface area contributed by atoms with Gasteiger partial charge in [0.2, 0.25) is 0 Å². The molecule has 0 N–H and O–H groups in total. The Morgan fingerprint density at radius 3 is 2.96 bits per heavy atom. The number of hydrogen-bond donors (Lipinski definition) is 0. The fraction of sp³-hybridized carbons (Fsp3) is 0.556. The van der Waals surface area contributed by atoms with Crippen LogP contribution in [0.5, 0.6) is 0 Å². The van der Waals surface area contributed by atoms with Crippen LogP contribution in [0.25, 0.3) is 11.0 Å². The zero-order valence-electron chi connectivity index (χ0n) is 13.2. The average Bonchev–Trinajstić information content (AvgIpc) is 3.07. The Morgan fingerprint density at radius 1 is 1.30 bits per heavy atom. The first-order valence-electron chi connectivity index (χ1n) is 8.56. The van der Waals surface area contributed by atoms with E-state index in [9.17, 15) is 0 Å². The fourth-order valence-electron chi connectivity index (χ4n) is 4.65. The van der Waals surface area contributed by atoms with Crippen LogP contribution >= 0.6 is 11.6 Å². The standard InChI is InChI=1S/C18H20BClO3/c1-18-13-6-11(7-13)8-16(18)22-19(23-18)17(20)9-12-10-21-15-5-3-2-4-14(12)15/h2-5,10-11,13,16-17H,6-9H2,1H3/t11?,13?,16-,17-,18+/m1/s1. The highest BCUT2D eigenvalue weighted by Gasteiger charge is 2.61. The van der Waals surface area contributed by atoms with Gasteiger partial charge in [0.05, 0.1) is 23.2 Å². The van der Waals surface area contributed by atoms with Crippen molar-refractivity contribution in [3.05, 3.63) is 36.1 Å². The van der Waals surface area contributed by atoms with Gasteiger partial charge in [0.1, 0.15) is 5.58 Å². The highest BCUT2D eigenvalue weighted by molar-refractivity contribution is 6.60. The number of benzene rings is 1. The second-order valence-electron chi connectivity index (χ2n) is 7.54. The molecule has 1 aromatic carbocycles. The summed E-state index contributed by atoms with van der Waals surface area (Å²) in [6.07, 6.45) is 6.43. The van der Waals surface area contributed by atoms with E-state index in [0.29, 0.717) is 12.3 Å². The molecule has 3 aliphatic carbocycles. The first kappa shape index (κ1) is 14.4. The summed E-state index contributed by atoms with van der Waals surface area (Å²) in [4.78, 5) is 0. The number of hydrogen-bond acceptors (Lipinski definition) is 3. The van der Waals surface area contributed by atoms with E-state index in [0.717, 1.165) is 28.9 Å². The molecule has 2 heterocycles. The molecule has 3 nitrogen and oxygen atoms in total. The molecule has 6 rings (SSSR count). The quantitative estimate of drug-likeness (QED) is 0.624. The third-order valence-electron chi connectivity index (χ3n) is 6.17. The summed E-state index contributed by atoms with van der Waals surface area (Å²) in [5.41, 5.74) is 1.89. The van der Waals surface area contributed by atoms with Crippen LogP contribution in [0.2, 0.25) is 0 Å². The van der Waals surface area contributed by atoms with Crippen LogP contribution in [0.3, 0.4) is 0 Å². The Morgan fingerprint density at radius 2 is 2.13 bits per heavy atom. The summed E-state index contributed by atoms with van der Waals surface area (Å²) in [7, 11) is -0.320. The summed E-state index contributed by atoms with van der Waals surface area (Å²) in [5.74, 6) is 1.49. The molecule has 4 aliphatic rings. The van der Waals surface area contributed by atoms with E-state index < -0.39 is 0 Å². The Kier molecular flexibility index (Phi) is 3.14. The van der Waals surface area contributed by atoms with E-state index in [-0.39, 0.29) is 24.1 Å². The minimum Gasteiger partial charge on any atom is -0.464 e. The Bertz CT molecular complexity index is 741. The molecule has 1 aromatic heterocycles. The minimum atomic E-state index is -0.320. The van der Waals surface area contributed by atoms with Crippen molar-refractivity contribution in [3.63, 3.8) is 0 Å². The first-order valence-corrected chi connectivity index (χ1v) is 8.99. The third kappa shape index (κ3) is 2.11. The molecule has 3 saturated carbocycles. The minimum absolute atomic E-state index is 0.134. The van der Waals surface area contributed by atoms with Crippen LogP contribution in [-0.4, -0.2) is 24.1 Å². The molecule has 5 heteroatoms. The third-order valence-corrected chi connectivity index (χ3v) is 6.53. The molecule has 0 unspecified atom stereocenters. The van der Waals surface area contributed by atoms with Crippen LogP contribution in [0.4, 0.5) is 0 Å². The molecule has 1 saturated heterocycles. The molecule has 0 radical (unpaired) electrons. The van der Waals surface area contributed by atoms with E-state index in [1.54, 1.807) is 6.26 Å². The van der Waals surface area contributed by atoms with E-state index in [1.807, 2.05) is 18.2 Å². The van der Waals surface area contributed by atoms with Gasteiger partial charge in [0.15, 0.2) is 0 Å². The van der Waals surface area contributed by atoms with Gasteiger partial charge >= 0.3 is 7.12 Å². The molecular formula is C18H20BClO3. The Hall–Kier alpha value is -0.965. The summed E-state index contributed by atoms with van der Waals surface area (Å²) in [6.45, 7) is 2.22. The maximum absolute atomic E-state index is 6.68. The zero-order chi connectivity index (χ0) is 15.6. The van der Waals surface area contributed by atoms with Gasteiger partial charge in [-0.05, 0) is 56.1 Å². The van der Waals surface area contributed by atoms with Gasteiger partial charge in [-0.2, -0.15) is 0 Å².